The summed E-state index contributed by atoms with van der Waals surface area (Å²) < 4.78 is 0. The topological polar surface area (TPSA) is 187 Å². The van der Waals surface area contributed by atoms with Gasteiger partial charge in [0.15, 0.2) is 0 Å². The van der Waals surface area contributed by atoms with E-state index in [1.807, 2.05) is 36.6 Å². The molecule has 0 radical (unpaired) electrons. The Hall–Kier alpha value is -3.87. The quantitative estimate of drug-likeness (QED) is 0.138. The monoisotopic (exact) mass is 569 g/mol. The molecule has 8 N–H and O–H groups in total. The molecule has 0 aliphatic carbocycles. The second-order valence-electron chi connectivity index (χ2n) is 9.35. The minimum absolute atomic E-state index is 0.0728. The maximum absolute atomic E-state index is 13.5. The molecular weight excluding hydrogens is 534 g/mol. The van der Waals surface area contributed by atoms with Crippen LogP contribution >= 0.6 is 11.8 Å². The number of aromatic nitrogens is 1. The number of rotatable bonds is 15. The van der Waals surface area contributed by atoms with E-state index in [1.165, 1.54) is 11.8 Å². The van der Waals surface area contributed by atoms with Gasteiger partial charge in [-0.25, -0.2) is 4.79 Å². The molecule has 0 fully saturated rings. The van der Waals surface area contributed by atoms with Crippen molar-refractivity contribution >= 4 is 46.4 Å². The SMILES string of the molecule is CSCCC(NC(=O)C(Cc1c[nH]c2ccccc12)NC(=O)C(N)CO)C(=O)NC(Cc1ccccc1)C(=O)O. The normalized spacial score (nSPS) is 14.1. The highest BCUT2D eigenvalue weighted by Crippen LogP contribution is 2.19. The predicted molar refractivity (Wildman–Crippen MR) is 154 cm³/mol. The second kappa shape index (κ2) is 15.1. The van der Waals surface area contributed by atoms with Crippen molar-refractivity contribution in [2.45, 2.75) is 43.4 Å². The van der Waals surface area contributed by atoms with Crippen molar-refractivity contribution in [1.29, 1.82) is 0 Å². The van der Waals surface area contributed by atoms with Crippen molar-refractivity contribution in [3.8, 4) is 0 Å². The molecule has 1 heterocycles. The summed E-state index contributed by atoms with van der Waals surface area (Å²) in [7, 11) is 0. The molecule has 1 aromatic heterocycles. The molecule has 0 saturated heterocycles. The number of amides is 3. The number of hydrogen-bond acceptors (Lipinski definition) is 7. The number of fused-ring (bicyclic) bond motifs is 1. The number of hydrogen-bond donors (Lipinski definition) is 7. The van der Waals surface area contributed by atoms with E-state index in [9.17, 15) is 29.4 Å². The molecule has 0 aliphatic heterocycles. The number of nitrogens with one attached hydrogen (secondary N) is 4. The molecule has 2 aromatic carbocycles. The van der Waals surface area contributed by atoms with Gasteiger partial charge in [0.05, 0.1) is 6.61 Å². The Balaban J connectivity index is 1.80. The number of aliphatic hydroxyl groups is 1. The molecule has 3 aromatic rings. The third kappa shape index (κ3) is 8.57. The lowest BCUT2D eigenvalue weighted by Crippen LogP contribution is -2.58. The summed E-state index contributed by atoms with van der Waals surface area (Å²) in [5.74, 6) is -2.69. The van der Waals surface area contributed by atoms with Crippen molar-refractivity contribution in [1.82, 2.24) is 20.9 Å². The van der Waals surface area contributed by atoms with Crippen LogP contribution in [0.4, 0.5) is 0 Å². The van der Waals surface area contributed by atoms with Crippen molar-refractivity contribution in [2.24, 2.45) is 5.73 Å². The van der Waals surface area contributed by atoms with Crippen LogP contribution in [0.25, 0.3) is 10.9 Å². The lowest BCUT2D eigenvalue weighted by molar-refractivity contribution is -0.142. The van der Waals surface area contributed by atoms with E-state index in [0.29, 0.717) is 5.75 Å². The van der Waals surface area contributed by atoms with Gasteiger partial charge in [-0.1, -0.05) is 48.5 Å². The molecule has 11 nitrogen and oxygen atoms in total. The summed E-state index contributed by atoms with van der Waals surface area (Å²) in [6, 6.07) is 11.8. The first-order valence-electron chi connectivity index (χ1n) is 12.8. The van der Waals surface area contributed by atoms with Gasteiger partial charge in [-0.2, -0.15) is 11.8 Å². The number of carbonyl (C=O) groups excluding carboxylic acids is 3. The van der Waals surface area contributed by atoms with Crippen LogP contribution < -0.4 is 21.7 Å². The maximum Gasteiger partial charge on any atom is 0.326 e. The Morgan fingerprint density at radius 1 is 0.875 bits per heavy atom. The molecule has 0 spiro atoms. The van der Waals surface area contributed by atoms with Crippen LogP contribution in [0.5, 0.6) is 0 Å². The first-order valence-corrected chi connectivity index (χ1v) is 14.2. The van der Waals surface area contributed by atoms with Crippen LogP contribution in [0, 0.1) is 0 Å². The Morgan fingerprint density at radius 3 is 2.17 bits per heavy atom. The predicted octanol–water partition coefficient (Wildman–Crippen LogP) is 0.565. The van der Waals surface area contributed by atoms with Crippen LogP contribution in [0.1, 0.15) is 17.5 Å². The average Bonchev–Trinajstić information content (AvgIpc) is 3.36. The number of aliphatic hydroxyl groups excluding tert-OH is 1. The maximum atomic E-state index is 13.5. The zero-order valence-corrected chi connectivity index (χ0v) is 22.9. The van der Waals surface area contributed by atoms with Gasteiger partial charge in [0.1, 0.15) is 24.2 Å². The number of thioether (sulfide) groups is 1. The fourth-order valence-electron chi connectivity index (χ4n) is 4.19. The van der Waals surface area contributed by atoms with E-state index in [2.05, 4.69) is 20.9 Å². The number of H-pyrrole nitrogens is 1. The summed E-state index contributed by atoms with van der Waals surface area (Å²) in [6.45, 7) is -0.607. The largest absolute Gasteiger partial charge is 0.480 e. The van der Waals surface area contributed by atoms with E-state index < -0.39 is 54.5 Å². The molecule has 4 atom stereocenters. The molecule has 3 amide bonds. The van der Waals surface area contributed by atoms with Crippen LogP contribution in [0.2, 0.25) is 0 Å². The third-order valence-electron chi connectivity index (χ3n) is 6.41. The minimum atomic E-state index is -1.23. The number of aromatic amines is 1. The van der Waals surface area contributed by atoms with Gasteiger partial charge < -0.3 is 36.9 Å². The molecule has 40 heavy (non-hydrogen) atoms. The molecule has 3 rings (SSSR count). The smallest absolute Gasteiger partial charge is 0.326 e. The first kappa shape index (κ1) is 30.7. The fraction of sp³-hybridized carbons (Fsp3) is 0.357. The third-order valence-corrected chi connectivity index (χ3v) is 7.05. The molecule has 12 heteroatoms. The number of carbonyl (C=O) groups is 4. The van der Waals surface area contributed by atoms with Crippen LogP contribution in [-0.2, 0) is 32.0 Å². The zero-order chi connectivity index (χ0) is 29.1. The molecule has 0 saturated carbocycles. The van der Waals surface area contributed by atoms with Crippen molar-refractivity contribution < 1.29 is 29.4 Å². The van der Waals surface area contributed by atoms with Crippen LogP contribution in [0.15, 0.2) is 60.8 Å². The Kier molecular flexibility index (Phi) is 11.5. The van der Waals surface area contributed by atoms with Gasteiger partial charge in [-0.15, -0.1) is 0 Å². The summed E-state index contributed by atoms with van der Waals surface area (Å²) in [5.41, 5.74) is 8.01. The number of carboxylic acids is 1. The van der Waals surface area contributed by atoms with Crippen LogP contribution in [0.3, 0.4) is 0 Å². The number of carboxylic acid groups (broad SMARTS) is 1. The highest BCUT2D eigenvalue weighted by Gasteiger charge is 2.30. The average molecular weight is 570 g/mol. The van der Waals surface area contributed by atoms with Gasteiger partial charge in [0.2, 0.25) is 17.7 Å². The van der Waals surface area contributed by atoms with E-state index in [0.717, 1.165) is 22.0 Å². The highest BCUT2D eigenvalue weighted by atomic mass is 32.2. The second-order valence-corrected chi connectivity index (χ2v) is 10.3. The molecule has 0 aliphatic rings. The van der Waals surface area contributed by atoms with Gasteiger partial charge in [0.25, 0.3) is 0 Å². The molecule has 0 bridgehead atoms. The number of para-hydroxylation sites is 1. The van der Waals surface area contributed by atoms with E-state index in [1.54, 1.807) is 30.5 Å². The van der Waals surface area contributed by atoms with Crippen molar-refractivity contribution in [2.75, 3.05) is 18.6 Å². The van der Waals surface area contributed by atoms with Gasteiger partial charge >= 0.3 is 5.97 Å². The Morgan fingerprint density at radius 2 is 1.50 bits per heavy atom. The summed E-state index contributed by atoms with van der Waals surface area (Å²) in [4.78, 5) is 54.3. The van der Waals surface area contributed by atoms with Crippen LogP contribution in [-0.4, -0.2) is 81.7 Å². The fourth-order valence-corrected chi connectivity index (χ4v) is 4.66. The van der Waals surface area contributed by atoms with E-state index in [4.69, 9.17) is 5.73 Å². The highest BCUT2D eigenvalue weighted by molar-refractivity contribution is 7.98. The Labute approximate surface area is 236 Å². The zero-order valence-electron chi connectivity index (χ0n) is 22.1. The summed E-state index contributed by atoms with van der Waals surface area (Å²) in [5, 5.41) is 27.7. The summed E-state index contributed by atoms with van der Waals surface area (Å²) in [6.07, 6.45) is 3.98. The number of nitrogens with two attached hydrogens (primary N) is 1. The van der Waals surface area contributed by atoms with Crippen molar-refractivity contribution in [3.05, 3.63) is 71.9 Å². The lowest BCUT2D eigenvalue weighted by Gasteiger charge is -2.25. The first-order chi connectivity index (χ1) is 19.2. The molecule has 4 unspecified atom stereocenters. The van der Waals surface area contributed by atoms with E-state index >= 15 is 0 Å². The summed E-state index contributed by atoms with van der Waals surface area (Å²) >= 11 is 1.47. The lowest BCUT2D eigenvalue weighted by atomic mass is 10.0. The minimum Gasteiger partial charge on any atom is -0.480 e. The molecule has 214 valence electrons. The standard InChI is InChI=1S/C28H35N5O6S/c1-40-12-11-22(26(36)33-24(28(38)39)13-17-7-3-2-4-8-17)31-27(37)23(32-25(35)20(29)16-34)14-18-15-30-21-10-6-5-9-19(18)21/h2-10,15,20,22-24,30,34H,11-14,16,29H2,1H3,(H,31,37)(H,32,35)(H,33,36)(H,38,39). The number of aliphatic carboxylic acids is 1. The number of benzene rings is 2. The molecular formula is C28H35N5O6S. The van der Waals surface area contributed by atoms with Gasteiger partial charge in [-0.3, -0.25) is 14.4 Å². The van der Waals surface area contributed by atoms with E-state index in [-0.39, 0.29) is 19.3 Å². The Bertz CT molecular complexity index is 1300. The van der Waals surface area contributed by atoms with Gasteiger partial charge in [-0.05, 0) is 35.6 Å². The van der Waals surface area contributed by atoms with Crippen molar-refractivity contribution in [3.63, 3.8) is 0 Å². The van der Waals surface area contributed by atoms with Gasteiger partial charge in [0, 0.05) is 29.9 Å².